The number of anilines is 1. The van der Waals surface area contributed by atoms with Gasteiger partial charge < -0.3 is 9.88 Å². The first-order chi connectivity index (χ1) is 9.15. The van der Waals surface area contributed by atoms with Gasteiger partial charge in [0.15, 0.2) is 0 Å². The van der Waals surface area contributed by atoms with Crippen molar-refractivity contribution < 1.29 is 4.92 Å². The molecule has 19 heavy (non-hydrogen) atoms. The van der Waals surface area contributed by atoms with Crippen LogP contribution in [0.3, 0.4) is 0 Å². The van der Waals surface area contributed by atoms with Crippen molar-refractivity contribution in [2.45, 2.75) is 19.9 Å². The number of nitrogens with zero attached hydrogens (tertiary/aromatic N) is 3. The summed E-state index contributed by atoms with van der Waals surface area (Å²) in [6.07, 6.45) is 6.37. The maximum Gasteiger partial charge on any atom is 0.271 e. The zero-order valence-electron chi connectivity index (χ0n) is 10.7. The van der Waals surface area contributed by atoms with Gasteiger partial charge in [0, 0.05) is 43.3 Å². The van der Waals surface area contributed by atoms with Crippen molar-refractivity contribution in [2.24, 2.45) is 0 Å². The van der Waals surface area contributed by atoms with Crippen molar-refractivity contribution in [3.63, 3.8) is 0 Å². The molecular weight excluding hydrogens is 244 g/mol. The van der Waals surface area contributed by atoms with E-state index in [1.807, 2.05) is 23.8 Å². The molecular formula is C13H16N4O2. The van der Waals surface area contributed by atoms with Gasteiger partial charge >= 0.3 is 0 Å². The van der Waals surface area contributed by atoms with E-state index in [2.05, 4.69) is 10.3 Å². The first-order valence-electron chi connectivity index (χ1n) is 6.11. The standard InChI is InChI=1S/C13H16N4O2/c1-11-7-12(9-13(8-11)17(18)19)15-3-2-5-16-6-4-14-10-16/h4,6-10,15H,2-3,5H2,1H3. The Morgan fingerprint density at radius 3 is 2.95 bits per heavy atom. The lowest BCUT2D eigenvalue weighted by atomic mass is 10.2. The highest BCUT2D eigenvalue weighted by Crippen LogP contribution is 2.20. The van der Waals surface area contributed by atoms with E-state index in [4.69, 9.17) is 0 Å². The van der Waals surface area contributed by atoms with Crippen LogP contribution in [0.5, 0.6) is 0 Å². The maximum absolute atomic E-state index is 10.8. The molecule has 0 radical (unpaired) electrons. The van der Waals surface area contributed by atoms with Crippen molar-refractivity contribution in [2.75, 3.05) is 11.9 Å². The van der Waals surface area contributed by atoms with Crippen LogP contribution in [-0.2, 0) is 6.54 Å². The predicted molar refractivity (Wildman–Crippen MR) is 73.2 cm³/mol. The zero-order chi connectivity index (χ0) is 13.7. The SMILES string of the molecule is Cc1cc(NCCCn2ccnc2)cc([N+](=O)[O-])c1. The monoisotopic (exact) mass is 260 g/mol. The molecule has 0 fully saturated rings. The number of non-ortho nitro benzene ring substituents is 1. The smallest absolute Gasteiger partial charge is 0.271 e. The minimum atomic E-state index is -0.371. The molecule has 0 bridgehead atoms. The van der Waals surface area contributed by atoms with Gasteiger partial charge in [-0.05, 0) is 25.0 Å². The fraction of sp³-hybridized carbons (Fsp3) is 0.308. The van der Waals surface area contributed by atoms with Crippen LogP contribution in [0, 0.1) is 17.0 Å². The molecule has 0 saturated carbocycles. The average Bonchev–Trinajstić information content (AvgIpc) is 2.87. The van der Waals surface area contributed by atoms with E-state index in [0.717, 1.165) is 30.8 Å². The number of aryl methyl sites for hydroxylation is 2. The Hall–Kier alpha value is -2.37. The summed E-state index contributed by atoms with van der Waals surface area (Å²) in [5.74, 6) is 0. The van der Waals surface area contributed by atoms with E-state index in [0.29, 0.717) is 0 Å². The number of hydrogen-bond donors (Lipinski definition) is 1. The fourth-order valence-corrected chi connectivity index (χ4v) is 1.88. The number of nitrogens with one attached hydrogen (secondary N) is 1. The number of benzene rings is 1. The number of imidazole rings is 1. The third kappa shape index (κ3) is 3.80. The Morgan fingerprint density at radius 2 is 2.26 bits per heavy atom. The summed E-state index contributed by atoms with van der Waals surface area (Å²) < 4.78 is 2.00. The van der Waals surface area contributed by atoms with Gasteiger partial charge in [0.05, 0.1) is 11.3 Å². The largest absolute Gasteiger partial charge is 0.385 e. The molecule has 0 amide bonds. The molecule has 0 aliphatic carbocycles. The van der Waals surface area contributed by atoms with E-state index in [1.54, 1.807) is 24.7 Å². The second-order valence-corrected chi connectivity index (χ2v) is 4.40. The summed E-state index contributed by atoms with van der Waals surface area (Å²) in [5, 5.41) is 14.0. The number of nitro benzene ring substituents is 1. The molecule has 1 N–H and O–H groups in total. The topological polar surface area (TPSA) is 73.0 Å². The normalized spacial score (nSPS) is 10.4. The lowest BCUT2D eigenvalue weighted by Gasteiger charge is -2.07. The van der Waals surface area contributed by atoms with Crippen molar-refractivity contribution in [3.8, 4) is 0 Å². The highest BCUT2D eigenvalue weighted by molar-refractivity contribution is 5.53. The summed E-state index contributed by atoms with van der Waals surface area (Å²) >= 11 is 0. The van der Waals surface area contributed by atoms with Crippen LogP contribution in [0.4, 0.5) is 11.4 Å². The lowest BCUT2D eigenvalue weighted by Crippen LogP contribution is -2.06. The quantitative estimate of drug-likeness (QED) is 0.492. The predicted octanol–water partition coefficient (Wildman–Crippen LogP) is 2.60. The minimum Gasteiger partial charge on any atom is -0.385 e. The van der Waals surface area contributed by atoms with Gasteiger partial charge in [-0.2, -0.15) is 0 Å². The fourth-order valence-electron chi connectivity index (χ4n) is 1.88. The van der Waals surface area contributed by atoms with E-state index in [9.17, 15) is 10.1 Å². The lowest BCUT2D eigenvalue weighted by molar-refractivity contribution is -0.384. The maximum atomic E-state index is 10.8. The minimum absolute atomic E-state index is 0.122. The van der Waals surface area contributed by atoms with Gasteiger partial charge in [-0.15, -0.1) is 0 Å². The Bertz CT molecular complexity index is 552. The van der Waals surface area contributed by atoms with Gasteiger partial charge in [0.25, 0.3) is 5.69 Å². The first-order valence-corrected chi connectivity index (χ1v) is 6.11. The van der Waals surface area contributed by atoms with E-state index >= 15 is 0 Å². The Balaban J connectivity index is 1.87. The van der Waals surface area contributed by atoms with Crippen molar-refractivity contribution in [1.29, 1.82) is 0 Å². The number of aromatic nitrogens is 2. The summed E-state index contributed by atoms with van der Waals surface area (Å²) in [7, 11) is 0. The molecule has 2 rings (SSSR count). The molecule has 1 aromatic carbocycles. The Morgan fingerprint density at radius 1 is 1.42 bits per heavy atom. The molecule has 1 heterocycles. The zero-order valence-corrected chi connectivity index (χ0v) is 10.7. The molecule has 100 valence electrons. The van der Waals surface area contributed by atoms with Gasteiger partial charge in [-0.25, -0.2) is 4.98 Å². The molecule has 0 spiro atoms. The molecule has 0 saturated heterocycles. The van der Waals surface area contributed by atoms with Crippen molar-refractivity contribution in [3.05, 3.63) is 52.6 Å². The second kappa shape index (κ2) is 5.99. The number of rotatable bonds is 6. The second-order valence-electron chi connectivity index (χ2n) is 4.40. The van der Waals surface area contributed by atoms with Crippen molar-refractivity contribution in [1.82, 2.24) is 9.55 Å². The summed E-state index contributed by atoms with van der Waals surface area (Å²) in [5.41, 5.74) is 1.79. The summed E-state index contributed by atoms with van der Waals surface area (Å²) in [6.45, 7) is 3.49. The molecule has 0 aliphatic rings. The Labute approximate surface area is 111 Å². The Kier molecular flexibility index (Phi) is 4.12. The van der Waals surface area contributed by atoms with Gasteiger partial charge in [0.1, 0.15) is 0 Å². The average molecular weight is 260 g/mol. The van der Waals surface area contributed by atoms with Crippen LogP contribution in [0.15, 0.2) is 36.9 Å². The van der Waals surface area contributed by atoms with Crippen LogP contribution in [0.1, 0.15) is 12.0 Å². The van der Waals surface area contributed by atoms with Crippen molar-refractivity contribution >= 4 is 11.4 Å². The highest BCUT2D eigenvalue weighted by atomic mass is 16.6. The van der Waals surface area contributed by atoms with Crippen LogP contribution >= 0.6 is 0 Å². The van der Waals surface area contributed by atoms with E-state index in [-0.39, 0.29) is 10.6 Å². The first kappa shape index (κ1) is 13.1. The van der Waals surface area contributed by atoms with Gasteiger partial charge in [-0.1, -0.05) is 0 Å². The van der Waals surface area contributed by atoms with E-state index < -0.39 is 0 Å². The summed E-state index contributed by atoms with van der Waals surface area (Å²) in [4.78, 5) is 14.4. The molecule has 0 unspecified atom stereocenters. The van der Waals surface area contributed by atoms with Crippen LogP contribution in [-0.4, -0.2) is 21.0 Å². The van der Waals surface area contributed by atoms with Gasteiger partial charge in [0.2, 0.25) is 0 Å². The number of hydrogen-bond acceptors (Lipinski definition) is 4. The number of nitro groups is 1. The van der Waals surface area contributed by atoms with E-state index in [1.165, 1.54) is 0 Å². The molecule has 6 heteroatoms. The summed E-state index contributed by atoms with van der Waals surface area (Å²) in [6, 6.07) is 5.03. The highest BCUT2D eigenvalue weighted by Gasteiger charge is 2.07. The van der Waals surface area contributed by atoms with Crippen LogP contribution in [0.2, 0.25) is 0 Å². The molecule has 1 aromatic heterocycles. The van der Waals surface area contributed by atoms with Gasteiger partial charge in [-0.3, -0.25) is 10.1 Å². The van der Waals surface area contributed by atoms with Crippen LogP contribution < -0.4 is 5.32 Å². The third-order valence-electron chi connectivity index (χ3n) is 2.75. The molecule has 2 aromatic rings. The third-order valence-corrected chi connectivity index (χ3v) is 2.75. The molecule has 0 atom stereocenters. The molecule has 0 aliphatic heterocycles. The van der Waals surface area contributed by atoms with Crippen LogP contribution in [0.25, 0.3) is 0 Å². The molecule has 6 nitrogen and oxygen atoms in total.